The average Bonchev–Trinajstić information content (AvgIpc) is 2.18. The highest BCUT2D eigenvalue weighted by Gasteiger charge is 2.19. The van der Waals surface area contributed by atoms with Crippen molar-refractivity contribution >= 4 is 23.5 Å². The van der Waals surface area contributed by atoms with Crippen LogP contribution < -0.4 is 0 Å². The van der Waals surface area contributed by atoms with Gasteiger partial charge in [0, 0.05) is 0 Å². The maximum absolute atomic E-state index is 11.3. The van der Waals surface area contributed by atoms with E-state index in [2.05, 4.69) is 4.74 Å². The van der Waals surface area contributed by atoms with Crippen LogP contribution in [-0.4, -0.2) is 25.7 Å². The first-order valence-electron chi connectivity index (χ1n) is 4.22. The first-order chi connectivity index (χ1) is 6.58. The quantitative estimate of drug-likeness (QED) is 0.534. The number of carbonyl (C=O) groups is 2. The van der Waals surface area contributed by atoms with Crippen LogP contribution in [0.15, 0.2) is 10.6 Å². The molecule has 5 heteroatoms. The maximum Gasteiger partial charge on any atom is 0.350 e. The van der Waals surface area contributed by atoms with Crippen molar-refractivity contribution in [1.29, 1.82) is 0 Å². The Kier molecular flexibility index (Phi) is 5.95. The molecule has 80 valence electrons. The topological polar surface area (TPSA) is 52.6 Å². The molecule has 0 fully saturated rings. The van der Waals surface area contributed by atoms with Crippen molar-refractivity contribution in [2.75, 3.05) is 13.7 Å². The van der Waals surface area contributed by atoms with Gasteiger partial charge in [0.25, 0.3) is 0 Å². The Balaban J connectivity index is 4.83. The zero-order chi connectivity index (χ0) is 11.1. The monoisotopic (exact) mass is 220 g/mol. The minimum Gasteiger partial charge on any atom is -0.465 e. The van der Waals surface area contributed by atoms with Gasteiger partial charge in [0.1, 0.15) is 5.03 Å². The van der Waals surface area contributed by atoms with Crippen LogP contribution in [0.5, 0.6) is 0 Å². The highest BCUT2D eigenvalue weighted by molar-refractivity contribution is 6.43. The van der Waals surface area contributed by atoms with Crippen LogP contribution in [0.1, 0.15) is 20.3 Å². The Morgan fingerprint density at radius 2 is 1.79 bits per heavy atom. The summed E-state index contributed by atoms with van der Waals surface area (Å²) in [6.07, 6.45) is 0.326. The van der Waals surface area contributed by atoms with Gasteiger partial charge in [0.2, 0.25) is 0 Å². The lowest BCUT2D eigenvalue weighted by molar-refractivity contribution is -0.140. The predicted molar refractivity (Wildman–Crippen MR) is 51.8 cm³/mol. The minimum atomic E-state index is -0.725. The molecule has 0 amide bonds. The lowest BCUT2D eigenvalue weighted by atomic mass is 10.2. The van der Waals surface area contributed by atoms with Crippen molar-refractivity contribution in [3.8, 4) is 0 Å². The van der Waals surface area contributed by atoms with Crippen molar-refractivity contribution in [3.05, 3.63) is 10.6 Å². The van der Waals surface area contributed by atoms with Crippen LogP contribution in [0.2, 0.25) is 0 Å². The Bertz CT molecular complexity index is 258. The molecule has 0 bridgehead atoms. The third-order valence-corrected chi connectivity index (χ3v) is 1.89. The van der Waals surface area contributed by atoms with E-state index in [1.807, 2.05) is 0 Å². The molecule has 0 aliphatic heterocycles. The highest BCUT2D eigenvalue weighted by atomic mass is 35.5. The van der Waals surface area contributed by atoms with E-state index in [1.54, 1.807) is 13.8 Å². The highest BCUT2D eigenvalue weighted by Crippen LogP contribution is 2.16. The molecule has 0 unspecified atom stereocenters. The summed E-state index contributed by atoms with van der Waals surface area (Å²) in [4.78, 5) is 22.3. The van der Waals surface area contributed by atoms with E-state index in [1.165, 1.54) is 7.11 Å². The van der Waals surface area contributed by atoms with Crippen molar-refractivity contribution in [2.24, 2.45) is 0 Å². The number of rotatable bonds is 4. The van der Waals surface area contributed by atoms with Crippen molar-refractivity contribution < 1.29 is 19.1 Å². The minimum absolute atomic E-state index is 0.139. The molecule has 0 aromatic carbocycles. The summed E-state index contributed by atoms with van der Waals surface area (Å²) < 4.78 is 9.11. The van der Waals surface area contributed by atoms with E-state index in [4.69, 9.17) is 16.3 Å². The van der Waals surface area contributed by atoms with Gasteiger partial charge >= 0.3 is 11.9 Å². The summed E-state index contributed by atoms with van der Waals surface area (Å²) in [5.41, 5.74) is 0.139. The van der Waals surface area contributed by atoms with E-state index >= 15 is 0 Å². The second-order valence-corrected chi connectivity index (χ2v) is 2.74. The van der Waals surface area contributed by atoms with Gasteiger partial charge in [-0.25, -0.2) is 9.59 Å². The molecule has 0 spiro atoms. The molecule has 0 heterocycles. The van der Waals surface area contributed by atoms with Crippen LogP contribution in [0, 0.1) is 0 Å². The molecular formula is C9H13ClO4. The normalized spacial score (nSPS) is 11.7. The fraction of sp³-hybridized carbons (Fsp3) is 0.556. The molecule has 0 atom stereocenters. The van der Waals surface area contributed by atoms with Gasteiger partial charge in [-0.15, -0.1) is 0 Å². The summed E-state index contributed by atoms with van der Waals surface area (Å²) >= 11 is 5.63. The molecule has 0 saturated carbocycles. The average molecular weight is 221 g/mol. The predicted octanol–water partition coefficient (Wildman–Crippen LogP) is 1.63. The van der Waals surface area contributed by atoms with Gasteiger partial charge in [-0.1, -0.05) is 18.5 Å². The molecular weight excluding hydrogens is 208 g/mol. The maximum atomic E-state index is 11.3. The fourth-order valence-electron chi connectivity index (χ4n) is 0.820. The van der Waals surface area contributed by atoms with Gasteiger partial charge in [-0.2, -0.15) is 0 Å². The molecule has 0 aliphatic rings. The molecule has 14 heavy (non-hydrogen) atoms. The SMILES string of the molecule is CCOC(=O)/C(CC)=C(\Cl)C(=O)OC. The van der Waals surface area contributed by atoms with Crippen LogP contribution in [0.3, 0.4) is 0 Å². The van der Waals surface area contributed by atoms with Crippen molar-refractivity contribution in [2.45, 2.75) is 20.3 Å². The second kappa shape index (κ2) is 6.43. The molecule has 0 aromatic rings. The number of ether oxygens (including phenoxy) is 2. The molecule has 0 N–H and O–H groups in total. The Morgan fingerprint density at radius 1 is 1.21 bits per heavy atom. The summed E-state index contributed by atoms with van der Waals surface area (Å²) in [5.74, 6) is -1.30. The first kappa shape index (κ1) is 13.0. The number of hydrogen-bond donors (Lipinski definition) is 0. The van der Waals surface area contributed by atoms with Gasteiger partial charge < -0.3 is 9.47 Å². The Hall–Kier alpha value is -1.03. The number of methoxy groups -OCH3 is 1. The summed E-state index contributed by atoms with van der Waals surface area (Å²) in [5, 5.41) is -0.214. The van der Waals surface area contributed by atoms with E-state index in [9.17, 15) is 9.59 Å². The van der Waals surface area contributed by atoms with Crippen LogP contribution in [-0.2, 0) is 19.1 Å². The molecule has 0 radical (unpaired) electrons. The van der Waals surface area contributed by atoms with Crippen LogP contribution in [0.4, 0.5) is 0 Å². The summed E-state index contributed by atoms with van der Waals surface area (Å²) in [6.45, 7) is 3.63. The molecule has 0 saturated heterocycles. The molecule has 0 aliphatic carbocycles. The molecule has 0 aromatic heterocycles. The number of halogens is 1. The van der Waals surface area contributed by atoms with Gasteiger partial charge in [0.05, 0.1) is 19.3 Å². The van der Waals surface area contributed by atoms with E-state index in [0.717, 1.165) is 0 Å². The largest absolute Gasteiger partial charge is 0.465 e. The smallest absolute Gasteiger partial charge is 0.350 e. The van der Waals surface area contributed by atoms with Crippen molar-refractivity contribution in [1.82, 2.24) is 0 Å². The zero-order valence-corrected chi connectivity index (χ0v) is 9.18. The van der Waals surface area contributed by atoms with E-state index < -0.39 is 11.9 Å². The molecule has 0 rings (SSSR count). The van der Waals surface area contributed by atoms with Crippen molar-refractivity contribution in [3.63, 3.8) is 0 Å². The molecule has 4 nitrogen and oxygen atoms in total. The van der Waals surface area contributed by atoms with Gasteiger partial charge in [0.15, 0.2) is 0 Å². The summed E-state index contributed by atoms with van der Waals surface area (Å²) in [6, 6.07) is 0. The summed E-state index contributed by atoms with van der Waals surface area (Å²) in [7, 11) is 1.20. The fourth-order valence-corrected chi connectivity index (χ4v) is 1.11. The van der Waals surface area contributed by atoms with Gasteiger partial charge in [-0.05, 0) is 13.3 Å². The standard InChI is InChI=1S/C9H13ClO4/c1-4-6(8(11)14-5-2)7(10)9(12)13-3/h4-5H2,1-3H3/b7-6-. The second-order valence-electron chi connectivity index (χ2n) is 2.36. The van der Waals surface area contributed by atoms with E-state index in [0.29, 0.717) is 6.42 Å². The van der Waals surface area contributed by atoms with Gasteiger partial charge in [-0.3, -0.25) is 0 Å². The number of hydrogen-bond acceptors (Lipinski definition) is 4. The first-order valence-corrected chi connectivity index (χ1v) is 4.60. The third-order valence-electron chi connectivity index (χ3n) is 1.50. The number of esters is 2. The number of carbonyl (C=O) groups excluding carboxylic acids is 2. The van der Waals surface area contributed by atoms with Crippen LogP contribution in [0.25, 0.3) is 0 Å². The van der Waals surface area contributed by atoms with Crippen LogP contribution >= 0.6 is 11.6 Å². The third kappa shape index (κ3) is 3.38. The van der Waals surface area contributed by atoms with E-state index in [-0.39, 0.29) is 17.2 Å². The Morgan fingerprint density at radius 3 is 2.14 bits per heavy atom. The lowest BCUT2D eigenvalue weighted by Gasteiger charge is -2.06. The lowest BCUT2D eigenvalue weighted by Crippen LogP contribution is -2.12. The zero-order valence-electron chi connectivity index (χ0n) is 8.43. The Labute approximate surface area is 87.8 Å².